The molecule has 1 saturated heterocycles. The van der Waals surface area contributed by atoms with Gasteiger partial charge in [0.25, 0.3) is 5.91 Å². The molecule has 1 fully saturated rings. The Balaban J connectivity index is 1.32. The van der Waals surface area contributed by atoms with Crippen LogP contribution in [0.2, 0.25) is 0 Å². The molecule has 1 N–H and O–H groups in total. The first kappa shape index (κ1) is 18.3. The molecule has 0 spiro atoms. The summed E-state index contributed by atoms with van der Waals surface area (Å²) in [7, 11) is 0. The molecule has 3 rings (SSSR count). The molecule has 0 unspecified atom stereocenters. The number of carbonyl (C=O) groups is 1. The molecule has 138 valence electrons. The highest BCUT2D eigenvalue weighted by atomic mass is 16.5. The number of morpholine rings is 1. The fourth-order valence-electron chi connectivity index (χ4n) is 2.93. The number of benzene rings is 2. The Labute approximate surface area is 154 Å². The van der Waals surface area contributed by atoms with E-state index < -0.39 is 0 Å². The smallest absolute Gasteiger partial charge is 0.257 e. The molecule has 1 heterocycles. The van der Waals surface area contributed by atoms with E-state index in [1.165, 1.54) is 11.3 Å². The highest BCUT2D eigenvalue weighted by Crippen LogP contribution is 2.17. The van der Waals surface area contributed by atoms with Crippen LogP contribution in [-0.2, 0) is 16.0 Å². The van der Waals surface area contributed by atoms with E-state index >= 15 is 0 Å². The topological polar surface area (TPSA) is 50.8 Å². The quantitative estimate of drug-likeness (QED) is 0.741. The van der Waals surface area contributed by atoms with Crippen LogP contribution in [0.4, 0.5) is 5.69 Å². The van der Waals surface area contributed by atoms with E-state index in [4.69, 9.17) is 9.47 Å². The molecule has 0 aliphatic carbocycles. The van der Waals surface area contributed by atoms with Crippen LogP contribution in [0.25, 0.3) is 0 Å². The number of hydrogen-bond donors (Lipinski definition) is 1. The fourth-order valence-corrected chi connectivity index (χ4v) is 2.93. The van der Waals surface area contributed by atoms with Crippen molar-refractivity contribution >= 4 is 11.6 Å². The van der Waals surface area contributed by atoms with Crippen LogP contribution in [-0.4, -0.2) is 45.4 Å². The summed E-state index contributed by atoms with van der Waals surface area (Å²) in [5, 5.41) is 2.90. The number of amides is 1. The summed E-state index contributed by atoms with van der Waals surface area (Å²) in [6.07, 6.45) is 1.86. The molecule has 1 aliphatic heterocycles. The van der Waals surface area contributed by atoms with E-state index in [1.807, 2.05) is 30.3 Å². The van der Waals surface area contributed by atoms with E-state index in [0.29, 0.717) is 12.3 Å². The van der Waals surface area contributed by atoms with Gasteiger partial charge in [-0.25, -0.2) is 0 Å². The Bertz CT molecular complexity index is 667. The molecule has 0 atom stereocenters. The number of carbonyl (C=O) groups excluding carboxylic acids is 1. The summed E-state index contributed by atoms with van der Waals surface area (Å²) in [5.74, 6) is 0.625. The lowest BCUT2D eigenvalue weighted by Crippen LogP contribution is -2.36. The number of aryl methyl sites for hydroxylation is 1. The highest BCUT2D eigenvalue weighted by Gasteiger charge is 2.10. The monoisotopic (exact) mass is 354 g/mol. The summed E-state index contributed by atoms with van der Waals surface area (Å²) in [4.78, 5) is 14.1. The third-order valence-electron chi connectivity index (χ3n) is 4.39. The van der Waals surface area contributed by atoms with Crippen molar-refractivity contribution in [2.24, 2.45) is 0 Å². The van der Waals surface area contributed by atoms with Gasteiger partial charge in [0.15, 0.2) is 6.61 Å². The van der Waals surface area contributed by atoms with E-state index in [1.54, 1.807) is 0 Å². The standard InChI is InChI=1S/C21H26N2O3/c24-21(17-26-20-6-2-1-3-7-20)22-12-4-5-18-8-10-19(11-9-18)23-13-15-25-16-14-23/h1-3,6-11H,4-5,12-17H2,(H,22,24). The second-order valence-corrected chi connectivity index (χ2v) is 6.32. The zero-order valence-electron chi connectivity index (χ0n) is 15.0. The van der Waals surface area contributed by atoms with Gasteiger partial charge in [0, 0.05) is 25.3 Å². The summed E-state index contributed by atoms with van der Waals surface area (Å²) in [6.45, 7) is 4.22. The minimum absolute atomic E-state index is 0.0538. The van der Waals surface area contributed by atoms with Gasteiger partial charge in [-0.15, -0.1) is 0 Å². The number of nitrogens with zero attached hydrogens (tertiary/aromatic N) is 1. The van der Waals surface area contributed by atoms with E-state index in [9.17, 15) is 4.79 Å². The van der Waals surface area contributed by atoms with Crippen molar-refractivity contribution < 1.29 is 14.3 Å². The molecule has 2 aromatic carbocycles. The maximum absolute atomic E-state index is 11.8. The van der Waals surface area contributed by atoms with Crippen molar-refractivity contribution in [1.82, 2.24) is 5.32 Å². The van der Waals surface area contributed by atoms with E-state index in [-0.39, 0.29) is 12.5 Å². The third kappa shape index (κ3) is 5.77. The van der Waals surface area contributed by atoms with Crippen LogP contribution in [0.5, 0.6) is 5.75 Å². The van der Waals surface area contributed by atoms with Crippen molar-refractivity contribution in [2.75, 3.05) is 44.4 Å². The Hall–Kier alpha value is -2.53. The molecular weight excluding hydrogens is 328 g/mol. The number of rotatable bonds is 8. The second-order valence-electron chi connectivity index (χ2n) is 6.32. The highest BCUT2D eigenvalue weighted by molar-refractivity contribution is 5.77. The van der Waals surface area contributed by atoms with Gasteiger partial charge >= 0.3 is 0 Å². The van der Waals surface area contributed by atoms with Gasteiger partial charge in [0.2, 0.25) is 0 Å². The summed E-state index contributed by atoms with van der Waals surface area (Å²) >= 11 is 0. The first-order valence-electron chi connectivity index (χ1n) is 9.17. The lowest BCUT2D eigenvalue weighted by Gasteiger charge is -2.28. The molecule has 5 heteroatoms. The summed E-state index contributed by atoms with van der Waals surface area (Å²) < 4.78 is 10.8. The lowest BCUT2D eigenvalue weighted by atomic mass is 10.1. The zero-order valence-corrected chi connectivity index (χ0v) is 15.0. The number of para-hydroxylation sites is 1. The molecule has 2 aromatic rings. The molecule has 5 nitrogen and oxygen atoms in total. The first-order chi connectivity index (χ1) is 12.8. The Kier molecular flexibility index (Phi) is 6.90. The van der Waals surface area contributed by atoms with Crippen LogP contribution < -0.4 is 15.0 Å². The SMILES string of the molecule is O=C(COc1ccccc1)NCCCc1ccc(N2CCOCC2)cc1. The summed E-state index contributed by atoms with van der Waals surface area (Å²) in [5.41, 5.74) is 2.54. The van der Waals surface area contributed by atoms with Crippen molar-refractivity contribution in [2.45, 2.75) is 12.8 Å². The van der Waals surface area contributed by atoms with Crippen molar-refractivity contribution in [3.05, 3.63) is 60.2 Å². The minimum Gasteiger partial charge on any atom is -0.484 e. The van der Waals surface area contributed by atoms with E-state index in [2.05, 4.69) is 34.5 Å². The Morgan fingerprint density at radius 1 is 1.04 bits per heavy atom. The number of anilines is 1. The molecule has 1 amide bonds. The van der Waals surface area contributed by atoms with Crippen molar-refractivity contribution in [3.63, 3.8) is 0 Å². The maximum Gasteiger partial charge on any atom is 0.257 e. The number of hydrogen-bond acceptors (Lipinski definition) is 4. The Morgan fingerprint density at radius 3 is 2.50 bits per heavy atom. The third-order valence-corrected chi connectivity index (χ3v) is 4.39. The molecule has 0 aromatic heterocycles. The van der Waals surface area contributed by atoms with E-state index in [0.717, 1.165) is 39.1 Å². The predicted molar refractivity (Wildman–Crippen MR) is 103 cm³/mol. The van der Waals surface area contributed by atoms with Gasteiger partial charge in [-0.3, -0.25) is 4.79 Å². The van der Waals surface area contributed by atoms with Gasteiger partial charge in [0.1, 0.15) is 5.75 Å². The van der Waals surface area contributed by atoms with Crippen LogP contribution in [0.1, 0.15) is 12.0 Å². The predicted octanol–water partition coefficient (Wildman–Crippen LogP) is 2.65. The first-order valence-corrected chi connectivity index (χ1v) is 9.17. The fraction of sp³-hybridized carbons (Fsp3) is 0.381. The van der Waals surface area contributed by atoms with Crippen LogP contribution in [0.15, 0.2) is 54.6 Å². The second kappa shape index (κ2) is 9.82. The largest absolute Gasteiger partial charge is 0.484 e. The number of ether oxygens (including phenoxy) is 2. The van der Waals surface area contributed by atoms with Crippen molar-refractivity contribution in [1.29, 1.82) is 0 Å². The van der Waals surface area contributed by atoms with Gasteiger partial charge in [-0.1, -0.05) is 30.3 Å². The lowest BCUT2D eigenvalue weighted by molar-refractivity contribution is -0.123. The van der Waals surface area contributed by atoms with Crippen LogP contribution in [0, 0.1) is 0 Å². The van der Waals surface area contributed by atoms with Gasteiger partial charge < -0.3 is 19.7 Å². The average molecular weight is 354 g/mol. The zero-order chi connectivity index (χ0) is 18.0. The Morgan fingerprint density at radius 2 is 1.77 bits per heavy atom. The molecule has 26 heavy (non-hydrogen) atoms. The molecule has 0 saturated carbocycles. The molecular formula is C21H26N2O3. The normalized spacial score (nSPS) is 14.1. The maximum atomic E-state index is 11.8. The van der Waals surface area contributed by atoms with Gasteiger partial charge in [-0.2, -0.15) is 0 Å². The van der Waals surface area contributed by atoms with Crippen molar-refractivity contribution in [3.8, 4) is 5.75 Å². The number of nitrogens with one attached hydrogen (secondary N) is 1. The molecule has 0 bridgehead atoms. The average Bonchev–Trinajstić information content (AvgIpc) is 2.71. The van der Waals surface area contributed by atoms with Crippen LogP contribution >= 0.6 is 0 Å². The summed E-state index contributed by atoms with van der Waals surface area (Å²) in [6, 6.07) is 18.1. The molecule has 1 aliphatic rings. The van der Waals surface area contributed by atoms with Gasteiger partial charge in [0.05, 0.1) is 13.2 Å². The van der Waals surface area contributed by atoms with Gasteiger partial charge in [-0.05, 0) is 42.7 Å². The van der Waals surface area contributed by atoms with Crippen LogP contribution in [0.3, 0.4) is 0 Å². The molecule has 0 radical (unpaired) electrons. The minimum atomic E-state index is -0.0866.